The van der Waals surface area contributed by atoms with Crippen molar-refractivity contribution >= 4 is 44.1 Å². The van der Waals surface area contributed by atoms with Gasteiger partial charge in [0.25, 0.3) is 5.78 Å². The number of fused-ring (bicyclic) bond motifs is 1. The van der Waals surface area contributed by atoms with Crippen molar-refractivity contribution < 1.29 is 38.4 Å². The molecule has 1 aliphatic rings. The number of amides is 1. The summed E-state index contributed by atoms with van der Waals surface area (Å²) in [6.45, 7) is 0. The molecule has 10 nitrogen and oxygen atoms in total. The molecule has 1 amide bonds. The van der Waals surface area contributed by atoms with E-state index in [1.807, 2.05) is 0 Å². The van der Waals surface area contributed by atoms with Crippen LogP contribution >= 0.6 is 11.3 Å². The number of benzene rings is 3. The fourth-order valence-electron chi connectivity index (χ4n) is 4.63. The van der Waals surface area contributed by atoms with E-state index >= 15 is 0 Å². The average molecular weight is 563 g/mol. The van der Waals surface area contributed by atoms with Crippen molar-refractivity contribution in [1.29, 1.82) is 0 Å². The molecular formula is C29H26N2O8S. The number of anilines is 1. The van der Waals surface area contributed by atoms with Crippen LogP contribution in [0.3, 0.4) is 0 Å². The van der Waals surface area contributed by atoms with Gasteiger partial charge in [-0.3, -0.25) is 14.5 Å². The summed E-state index contributed by atoms with van der Waals surface area (Å²) in [5.41, 5.74) is 1.30. The SMILES string of the molecule is COc1ccc(C(O)=C2C(=O)C(=O)N(c3nc4ccc(OC)cc4s3)[C@H]2c2cc(OC)c(OC)c(OC)c2)cc1. The second-order valence-corrected chi connectivity index (χ2v) is 9.70. The van der Waals surface area contributed by atoms with Gasteiger partial charge in [0, 0.05) is 5.56 Å². The molecule has 0 saturated carbocycles. The van der Waals surface area contributed by atoms with E-state index in [1.54, 1.807) is 61.7 Å². The van der Waals surface area contributed by atoms with Gasteiger partial charge in [0.1, 0.15) is 17.3 Å². The fraction of sp³-hybridized carbons (Fsp3) is 0.207. The molecule has 1 aliphatic heterocycles. The number of rotatable bonds is 8. The Morgan fingerprint density at radius 1 is 0.825 bits per heavy atom. The zero-order valence-electron chi connectivity index (χ0n) is 22.4. The number of hydrogen-bond donors (Lipinski definition) is 1. The Morgan fingerprint density at radius 3 is 2.02 bits per heavy atom. The molecule has 0 unspecified atom stereocenters. The molecular weight excluding hydrogens is 536 g/mol. The van der Waals surface area contributed by atoms with Gasteiger partial charge in [0.05, 0.1) is 57.4 Å². The van der Waals surface area contributed by atoms with Gasteiger partial charge in [-0.05, 0) is 60.2 Å². The van der Waals surface area contributed by atoms with Gasteiger partial charge in [-0.2, -0.15) is 0 Å². The number of aliphatic hydroxyl groups is 1. The van der Waals surface area contributed by atoms with Crippen LogP contribution in [0.2, 0.25) is 0 Å². The van der Waals surface area contributed by atoms with Crippen molar-refractivity contribution in [3.8, 4) is 28.7 Å². The van der Waals surface area contributed by atoms with Gasteiger partial charge in [0.15, 0.2) is 16.6 Å². The van der Waals surface area contributed by atoms with Gasteiger partial charge < -0.3 is 28.8 Å². The predicted octanol–water partition coefficient (Wildman–Crippen LogP) is 4.97. The Balaban J connectivity index is 1.76. The molecule has 1 saturated heterocycles. The molecule has 206 valence electrons. The summed E-state index contributed by atoms with van der Waals surface area (Å²) in [4.78, 5) is 33.2. The molecule has 1 fully saturated rings. The van der Waals surface area contributed by atoms with Crippen molar-refractivity contribution in [2.45, 2.75) is 6.04 Å². The lowest BCUT2D eigenvalue weighted by molar-refractivity contribution is -0.132. The van der Waals surface area contributed by atoms with Crippen LogP contribution in [0.1, 0.15) is 17.2 Å². The second kappa shape index (κ2) is 10.8. The smallest absolute Gasteiger partial charge is 0.301 e. The summed E-state index contributed by atoms with van der Waals surface area (Å²) in [5, 5.41) is 11.7. The quantitative estimate of drug-likeness (QED) is 0.181. The Bertz CT molecular complexity index is 1620. The van der Waals surface area contributed by atoms with Crippen LogP contribution in [0.15, 0.2) is 60.2 Å². The summed E-state index contributed by atoms with van der Waals surface area (Å²) >= 11 is 1.22. The van der Waals surface area contributed by atoms with Crippen molar-refractivity contribution in [3.05, 3.63) is 71.3 Å². The number of aliphatic hydroxyl groups excluding tert-OH is 1. The van der Waals surface area contributed by atoms with E-state index in [0.717, 1.165) is 4.70 Å². The predicted molar refractivity (Wildman–Crippen MR) is 150 cm³/mol. The number of methoxy groups -OCH3 is 5. The number of hydrogen-bond acceptors (Lipinski definition) is 10. The standard InChI is InChI=1S/C29H26N2O8S/c1-35-17-8-6-15(7-9-17)25(32)23-24(16-12-20(37-3)27(39-5)21(13-16)38-4)31(28(34)26(23)33)29-30-19-11-10-18(36-2)14-22(19)40-29/h6-14,24,32H,1-5H3/t24-/m0/s1. The minimum Gasteiger partial charge on any atom is -0.507 e. The zero-order chi connectivity index (χ0) is 28.6. The lowest BCUT2D eigenvalue weighted by atomic mass is 9.94. The number of carbonyl (C=O) groups is 2. The number of Topliss-reactive ketones (excluding diaryl/α,β-unsaturated/α-hetero) is 1. The van der Waals surface area contributed by atoms with Crippen molar-refractivity contribution in [3.63, 3.8) is 0 Å². The molecule has 3 aromatic carbocycles. The highest BCUT2D eigenvalue weighted by Gasteiger charge is 2.48. The summed E-state index contributed by atoms with van der Waals surface area (Å²) < 4.78 is 27.8. The highest BCUT2D eigenvalue weighted by atomic mass is 32.1. The minimum atomic E-state index is -1.06. The number of ether oxygens (including phenoxy) is 5. The highest BCUT2D eigenvalue weighted by Crippen LogP contribution is 2.48. The van der Waals surface area contributed by atoms with Gasteiger partial charge in [-0.1, -0.05) is 11.3 Å². The van der Waals surface area contributed by atoms with E-state index in [2.05, 4.69) is 4.98 Å². The van der Waals surface area contributed by atoms with Crippen molar-refractivity contribution in [2.24, 2.45) is 0 Å². The third kappa shape index (κ3) is 4.43. The minimum absolute atomic E-state index is 0.110. The normalized spacial score (nSPS) is 16.3. The molecule has 1 N–H and O–H groups in total. The lowest BCUT2D eigenvalue weighted by Crippen LogP contribution is -2.29. The number of ketones is 1. The van der Waals surface area contributed by atoms with Gasteiger partial charge in [-0.15, -0.1) is 0 Å². The third-order valence-corrected chi connectivity index (χ3v) is 7.62. The van der Waals surface area contributed by atoms with Crippen LogP contribution in [-0.4, -0.2) is 57.3 Å². The number of nitrogens with zero attached hydrogens (tertiary/aromatic N) is 2. The molecule has 0 bridgehead atoms. The van der Waals surface area contributed by atoms with E-state index in [0.29, 0.717) is 45.4 Å². The molecule has 1 atom stereocenters. The first-order valence-corrected chi connectivity index (χ1v) is 12.9. The van der Waals surface area contributed by atoms with Crippen molar-refractivity contribution in [1.82, 2.24) is 4.98 Å². The summed E-state index contributed by atoms with van der Waals surface area (Å²) in [7, 11) is 7.50. The van der Waals surface area contributed by atoms with Gasteiger partial charge in [-0.25, -0.2) is 4.98 Å². The zero-order valence-corrected chi connectivity index (χ0v) is 23.2. The molecule has 0 aliphatic carbocycles. The third-order valence-electron chi connectivity index (χ3n) is 6.60. The van der Waals surface area contributed by atoms with Crippen molar-refractivity contribution in [2.75, 3.05) is 40.4 Å². The molecule has 11 heteroatoms. The van der Waals surface area contributed by atoms with Crippen LogP contribution in [0.4, 0.5) is 5.13 Å². The first kappa shape index (κ1) is 26.8. The Labute approximate surface area is 233 Å². The molecule has 5 rings (SSSR count). The maximum absolute atomic E-state index is 13.6. The van der Waals surface area contributed by atoms with E-state index in [-0.39, 0.29) is 16.5 Å². The molecule has 0 radical (unpaired) electrons. The largest absolute Gasteiger partial charge is 0.507 e. The van der Waals surface area contributed by atoms with Crippen LogP contribution in [0.25, 0.3) is 16.0 Å². The first-order valence-electron chi connectivity index (χ1n) is 12.0. The number of aromatic nitrogens is 1. The molecule has 0 spiro atoms. The number of carbonyl (C=O) groups excluding carboxylic acids is 2. The topological polar surface area (TPSA) is 117 Å². The fourth-order valence-corrected chi connectivity index (χ4v) is 5.65. The molecule has 40 heavy (non-hydrogen) atoms. The van der Waals surface area contributed by atoms with Crippen LogP contribution < -0.4 is 28.6 Å². The summed E-state index contributed by atoms with van der Waals surface area (Å²) in [5.74, 6) is 0.150. The highest BCUT2D eigenvalue weighted by molar-refractivity contribution is 7.22. The monoisotopic (exact) mass is 562 g/mol. The van der Waals surface area contributed by atoms with Crippen LogP contribution in [-0.2, 0) is 9.59 Å². The van der Waals surface area contributed by atoms with Crippen LogP contribution in [0.5, 0.6) is 28.7 Å². The molecule has 4 aromatic rings. The summed E-state index contributed by atoms with van der Waals surface area (Å²) in [6, 6.07) is 14.1. The van der Waals surface area contributed by atoms with E-state index in [4.69, 9.17) is 23.7 Å². The average Bonchev–Trinajstić information content (AvgIpc) is 3.53. The van der Waals surface area contributed by atoms with E-state index in [1.165, 1.54) is 44.7 Å². The Hall–Kier alpha value is -4.77. The van der Waals surface area contributed by atoms with E-state index in [9.17, 15) is 14.7 Å². The lowest BCUT2D eigenvalue weighted by Gasteiger charge is -2.24. The number of thiazole rings is 1. The maximum Gasteiger partial charge on any atom is 0.301 e. The summed E-state index contributed by atoms with van der Waals surface area (Å²) in [6.07, 6.45) is 0. The van der Waals surface area contributed by atoms with Gasteiger partial charge in [0.2, 0.25) is 5.75 Å². The van der Waals surface area contributed by atoms with E-state index < -0.39 is 17.7 Å². The molecule has 2 heterocycles. The van der Waals surface area contributed by atoms with Gasteiger partial charge >= 0.3 is 5.91 Å². The Kier molecular flexibility index (Phi) is 7.22. The Morgan fingerprint density at radius 2 is 1.45 bits per heavy atom. The first-order chi connectivity index (χ1) is 19.3. The van der Waals surface area contributed by atoms with Crippen LogP contribution in [0, 0.1) is 0 Å². The molecule has 1 aromatic heterocycles. The second-order valence-electron chi connectivity index (χ2n) is 8.69. The maximum atomic E-state index is 13.6.